The van der Waals surface area contributed by atoms with Crippen molar-refractivity contribution >= 4 is 51.5 Å². The van der Waals surface area contributed by atoms with Crippen LogP contribution in [0.15, 0.2) is 0 Å². The van der Waals surface area contributed by atoms with E-state index in [9.17, 15) is 4.79 Å². The fourth-order valence-electron chi connectivity index (χ4n) is 2.65. The molecular weight excluding hydrogens is 383 g/mol. The first-order valence-corrected chi connectivity index (χ1v) is 11.3. The smallest absolute Gasteiger partial charge is 1.00 e. The third-order valence-electron chi connectivity index (χ3n) is 3.99. The maximum absolute atomic E-state index is 10.3. The minimum atomic E-state index is -4.64. The van der Waals surface area contributed by atoms with Gasteiger partial charge in [0.25, 0.3) is 0 Å². The first kappa shape index (κ1) is 31.5. The van der Waals surface area contributed by atoms with Crippen molar-refractivity contribution in [2.75, 3.05) is 0 Å². The maximum Gasteiger partial charge on any atom is 2.00 e. The second kappa shape index (κ2) is 23.9. The Morgan fingerprint density at radius 2 is 0.923 bits per heavy atom. The van der Waals surface area contributed by atoms with Crippen LogP contribution in [-0.4, -0.2) is 63.5 Å². The molecule has 0 atom stereocenters. The molecular formula is C18H41CaO6P. The summed E-state index contributed by atoms with van der Waals surface area (Å²) in [5, 5.41) is 8.52. The van der Waals surface area contributed by atoms with Crippen LogP contribution in [-0.2, 0) is 9.36 Å². The number of phosphoric acid groups is 1. The predicted molar refractivity (Wildman–Crippen MR) is 109 cm³/mol. The Bertz CT molecular complexity index is 338. The largest absolute Gasteiger partial charge is 2.00 e. The predicted octanol–water partition coefficient (Wildman–Crippen LogP) is 5.25. The standard InChI is InChI=1S/C18H36O2.Ca.H3O4P.2H/c1-2-3-4-5-6-7-8-9-10-11-12-13-14-15-16-17-18(19)20;;1-5(2,3)4;;/h2-17H2,1H3,(H,19,20);;(H3,1,2,3,4);;/q;+2;;2*-1. The SMILES string of the molecule is CCCCCCCCCCCCCCCCCC(=O)O.O=P(O)(O)O.[Ca+2].[H-].[H-]. The van der Waals surface area contributed by atoms with Crippen LogP contribution < -0.4 is 0 Å². The van der Waals surface area contributed by atoms with Crippen LogP contribution in [0.4, 0.5) is 0 Å². The first-order chi connectivity index (χ1) is 11.8. The number of aliphatic carboxylic acids is 1. The van der Waals surface area contributed by atoms with Gasteiger partial charge in [-0.05, 0) is 6.42 Å². The minimum Gasteiger partial charge on any atom is -1.00 e. The topological polar surface area (TPSA) is 115 Å². The van der Waals surface area contributed by atoms with Gasteiger partial charge in [0.15, 0.2) is 0 Å². The molecule has 156 valence electrons. The van der Waals surface area contributed by atoms with Crippen molar-refractivity contribution < 1.29 is 32.0 Å². The van der Waals surface area contributed by atoms with Crippen LogP contribution in [0.3, 0.4) is 0 Å². The Morgan fingerprint density at radius 1 is 0.692 bits per heavy atom. The van der Waals surface area contributed by atoms with E-state index in [-0.39, 0.29) is 40.6 Å². The van der Waals surface area contributed by atoms with Crippen LogP contribution in [0.5, 0.6) is 0 Å². The molecule has 8 heteroatoms. The molecule has 0 aliphatic heterocycles. The zero-order valence-electron chi connectivity index (χ0n) is 18.6. The van der Waals surface area contributed by atoms with Crippen molar-refractivity contribution in [2.45, 2.75) is 110 Å². The summed E-state index contributed by atoms with van der Waals surface area (Å²) in [7, 11) is -4.64. The molecule has 4 N–H and O–H groups in total. The third kappa shape index (κ3) is 44.4. The van der Waals surface area contributed by atoms with Gasteiger partial charge in [0.2, 0.25) is 0 Å². The number of carboxylic acid groups (broad SMARTS) is 1. The van der Waals surface area contributed by atoms with Gasteiger partial charge in [-0.15, -0.1) is 0 Å². The Labute approximate surface area is 192 Å². The average Bonchev–Trinajstić information content (AvgIpc) is 2.49. The zero-order valence-corrected chi connectivity index (χ0v) is 19.7. The molecule has 0 spiro atoms. The molecule has 0 unspecified atom stereocenters. The molecule has 26 heavy (non-hydrogen) atoms. The van der Waals surface area contributed by atoms with Crippen LogP contribution in [0.1, 0.15) is 113 Å². The van der Waals surface area contributed by atoms with Gasteiger partial charge in [-0.3, -0.25) is 4.79 Å². The Morgan fingerprint density at radius 3 is 1.15 bits per heavy atom. The minimum absolute atomic E-state index is 0. The summed E-state index contributed by atoms with van der Waals surface area (Å²) in [4.78, 5) is 31.9. The Kier molecular flexibility index (Phi) is 29.0. The van der Waals surface area contributed by atoms with Crippen LogP contribution in [0, 0.1) is 0 Å². The molecule has 0 fully saturated rings. The van der Waals surface area contributed by atoms with Gasteiger partial charge < -0.3 is 22.6 Å². The summed E-state index contributed by atoms with van der Waals surface area (Å²) in [5.74, 6) is -0.653. The van der Waals surface area contributed by atoms with E-state index in [4.69, 9.17) is 24.4 Å². The van der Waals surface area contributed by atoms with Gasteiger partial charge in [-0.25, -0.2) is 4.57 Å². The fourth-order valence-corrected chi connectivity index (χ4v) is 2.65. The second-order valence-electron chi connectivity index (χ2n) is 6.61. The molecule has 0 amide bonds. The maximum atomic E-state index is 10.3. The molecule has 0 rings (SSSR count). The quantitative estimate of drug-likeness (QED) is 0.153. The van der Waals surface area contributed by atoms with E-state index in [0.29, 0.717) is 6.42 Å². The Hall–Kier alpha value is 0.840. The summed E-state index contributed by atoms with van der Waals surface area (Å²) in [5.41, 5.74) is 0. The van der Waals surface area contributed by atoms with Gasteiger partial charge in [0.1, 0.15) is 0 Å². The van der Waals surface area contributed by atoms with E-state index in [0.717, 1.165) is 12.8 Å². The number of hydrogen-bond donors (Lipinski definition) is 4. The zero-order chi connectivity index (χ0) is 19.4. The van der Waals surface area contributed by atoms with Crippen molar-refractivity contribution in [3.8, 4) is 0 Å². The monoisotopic (exact) mass is 424 g/mol. The summed E-state index contributed by atoms with van der Waals surface area (Å²) in [6, 6.07) is 0. The molecule has 0 radical (unpaired) electrons. The van der Waals surface area contributed by atoms with E-state index in [1.165, 1.54) is 83.5 Å². The van der Waals surface area contributed by atoms with E-state index >= 15 is 0 Å². The molecule has 0 aliphatic carbocycles. The van der Waals surface area contributed by atoms with E-state index < -0.39 is 13.8 Å². The third-order valence-corrected chi connectivity index (χ3v) is 3.99. The summed E-state index contributed by atoms with van der Waals surface area (Å²) in [6.07, 6.45) is 20.2. The molecule has 0 aliphatic rings. The van der Waals surface area contributed by atoms with Gasteiger partial charge in [-0.2, -0.15) is 0 Å². The van der Waals surface area contributed by atoms with Crippen molar-refractivity contribution in [2.24, 2.45) is 0 Å². The molecule has 0 saturated heterocycles. The summed E-state index contributed by atoms with van der Waals surface area (Å²) in [6.45, 7) is 2.27. The summed E-state index contributed by atoms with van der Waals surface area (Å²) < 4.78 is 8.88. The van der Waals surface area contributed by atoms with Crippen molar-refractivity contribution in [3.05, 3.63) is 0 Å². The van der Waals surface area contributed by atoms with E-state index in [1.807, 2.05) is 0 Å². The van der Waals surface area contributed by atoms with Crippen LogP contribution in [0.25, 0.3) is 0 Å². The van der Waals surface area contributed by atoms with Crippen LogP contribution >= 0.6 is 7.82 Å². The molecule has 0 aromatic heterocycles. The van der Waals surface area contributed by atoms with Crippen molar-refractivity contribution in [3.63, 3.8) is 0 Å². The first-order valence-electron chi connectivity index (χ1n) is 9.77. The number of unbranched alkanes of at least 4 members (excludes halogenated alkanes) is 14. The van der Waals surface area contributed by atoms with E-state index in [1.54, 1.807) is 0 Å². The summed E-state index contributed by atoms with van der Waals surface area (Å²) >= 11 is 0. The van der Waals surface area contributed by atoms with Gasteiger partial charge in [0.05, 0.1) is 0 Å². The van der Waals surface area contributed by atoms with Gasteiger partial charge in [-0.1, -0.05) is 96.8 Å². The molecule has 0 aromatic rings. The fraction of sp³-hybridized carbons (Fsp3) is 0.944. The molecule has 6 nitrogen and oxygen atoms in total. The molecule has 0 saturated carbocycles. The number of hydrogen-bond acceptors (Lipinski definition) is 2. The normalized spacial score (nSPS) is 10.6. The van der Waals surface area contributed by atoms with Gasteiger partial charge >= 0.3 is 51.5 Å². The number of rotatable bonds is 16. The number of carboxylic acids is 1. The van der Waals surface area contributed by atoms with Crippen molar-refractivity contribution in [1.29, 1.82) is 0 Å². The van der Waals surface area contributed by atoms with Crippen LogP contribution in [0.2, 0.25) is 0 Å². The molecule has 0 bridgehead atoms. The van der Waals surface area contributed by atoms with Crippen molar-refractivity contribution in [1.82, 2.24) is 0 Å². The number of carbonyl (C=O) groups is 1. The molecule has 0 aromatic carbocycles. The van der Waals surface area contributed by atoms with E-state index in [2.05, 4.69) is 6.92 Å². The second-order valence-corrected chi connectivity index (χ2v) is 7.63. The molecule has 0 heterocycles. The Balaban J connectivity index is -0.000000195. The average molecular weight is 425 g/mol. The van der Waals surface area contributed by atoms with Gasteiger partial charge in [0, 0.05) is 6.42 Å².